The van der Waals surface area contributed by atoms with Gasteiger partial charge in [-0.25, -0.2) is 4.39 Å². The topological polar surface area (TPSA) is 49.8 Å². The van der Waals surface area contributed by atoms with E-state index >= 15 is 0 Å². The van der Waals surface area contributed by atoms with Crippen molar-refractivity contribution >= 4 is 5.97 Å². The van der Waals surface area contributed by atoms with Crippen molar-refractivity contribution in [3.05, 3.63) is 35.1 Å². The maximum Gasteiger partial charge on any atom is 0.305 e. The van der Waals surface area contributed by atoms with Crippen molar-refractivity contribution in [2.24, 2.45) is 0 Å². The first-order valence-electron chi connectivity index (χ1n) is 7.35. The van der Waals surface area contributed by atoms with Crippen LogP contribution < -0.4 is 0 Å². The summed E-state index contributed by atoms with van der Waals surface area (Å²) in [5, 5.41) is 8.57. The monoisotopic (exact) mass is 295 g/mol. The minimum atomic E-state index is -0.831. The highest BCUT2D eigenvalue weighted by molar-refractivity contribution is 5.66. The zero-order valence-electron chi connectivity index (χ0n) is 12.3. The Kier molecular flexibility index (Phi) is 5.70. The van der Waals surface area contributed by atoms with Crippen LogP contribution in [-0.2, 0) is 16.1 Å². The number of carbonyl (C=O) groups is 1. The number of carboxylic acid groups (broad SMARTS) is 1. The summed E-state index contributed by atoms with van der Waals surface area (Å²) in [6, 6.07) is 5.19. The summed E-state index contributed by atoms with van der Waals surface area (Å²) in [5.41, 5.74) is 1.80. The van der Waals surface area contributed by atoms with Gasteiger partial charge in [0.15, 0.2) is 0 Å². The van der Waals surface area contributed by atoms with Crippen LogP contribution in [0, 0.1) is 12.7 Å². The number of nitrogens with zero attached hydrogens (tertiary/aromatic N) is 1. The Morgan fingerprint density at radius 3 is 2.81 bits per heavy atom. The molecule has 1 aromatic carbocycles. The first-order chi connectivity index (χ1) is 10.0. The van der Waals surface area contributed by atoms with Crippen LogP contribution in [0.5, 0.6) is 0 Å². The number of rotatable bonds is 6. The molecule has 1 aromatic rings. The lowest BCUT2D eigenvalue weighted by Crippen LogP contribution is -2.37. The number of aliphatic carboxylic acids is 1. The van der Waals surface area contributed by atoms with Gasteiger partial charge in [0.25, 0.3) is 0 Å². The molecule has 0 unspecified atom stereocenters. The lowest BCUT2D eigenvalue weighted by Gasteiger charge is -2.32. The van der Waals surface area contributed by atoms with Crippen molar-refractivity contribution in [3.8, 4) is 0 Å². The molecule has 0 aromatic heterocycles. The predicted molar refractivity (Wildman–Crippen MR) is 77.6 cm³/mol. The largest absolute Gasteiger partial charge is 0.481 e. The van der Waals surface area contributed by atoms with Gasteiger partial charge in [-0.2, -0.15) is 0 Å². The van der Waals surface area contributed by atoms with E-state index in [4.69, 9.17) is 9.84 Å². The molecule has 2 rings (SSSR count). The van der Waals surface area contributed by atoms with Gasteiger partial charge >= 0.3 is 5.97 Å². The molecule has 0 spiro atoms. The van der Waals surface area contributed by atoms with E-state index in [-0.39, 0.29) is 24.9 Å². The van der Waals surface area contributed by atoms with Gasteiger partial charge in [0.2, 0.25) is 0 Å². The van der Waals surface area contributed by atoms with Crippen molar-refractivity contribution in [3.63, 3.8) is 0 Å². The van der Waals surface area contributed by atoms with E-state index in [1.807, 2.05) is 13.0 Å². The van der Waals surface area contributed by atoms with Gasteiger partial charge in [0.05, 0.1) is 19.1 Å². The molecule has 1 aliphatic heterocycles. The Bertz CT molecular complexity index is 484. The first kappa shape index (κ1) is 15.9. The highest BCUT2D eigenvalue weighted by Gasteiger charge is 2.20. The second-order valence-electron chi connectivity index (χ2n) is 5.58. The van der Waals surface area contributed by atoms with Gasteiger partial charge in [0, 0.05) is 25.2 Å². The molecule has 0 radical (unpaired) electrons. The van der Waals surface area contributed by atoms with E-state index in [2.05, 4.69) is 4.90 Å². The summed E-state index contributed by atoms with van der Waals surface area (Å²) in [7, 11) is 0. The molecule has 4 nitrogen and oxygen atoms in total. The van der Waals surface area contributed by atoms with Crippen LogP contribution in [0.2, 0.25) is 0 Å². The Labute approximate surface area is 124 Å². The van der Waals surface area contributed by atoms with Crippen LogP contribution in [-0.4, -0.2) is 41.8 Å². The third kappa shape index (κ3) is 5.10. The number of ether oxygens (including phenoxy) is 1. The summed E-state index contributed by atoms with van der Waals surface area (Å²) >= 11 is 0. The van der Waals surface area contributed by atoms with Gasteiger partial charge in [-0.1, -0.05) is 17.7 Å². The summed E-state index contributed by atoms with van der Waals surface area (Å²) in [6.45, 7) is 4.56. The van der Waals surface area contributed by atoms with Crippen LogP contribution in [0.3, 0.4) is 0 Å². The lowest BCUT2D eigenvalue weighted by atomic mass is 10.1. The molecule has 0 bridgehead atoms. The van der Waals surface area contributed by atoms with E-state index in [0.717, 1.165) is 37.1 Å². The fraction of sp³-hybridized carbons (Fsp3) is 0.562. The van der Waals surface area contributed by atoms with E-state index < -0.39 is 5.97 Å². The second-order valence-corrected chi connectivity index (χ2v) is 5.58. The molecule has 0 atom stereocenters. The summed E-state index contributed by atoms with van der Waals surface area (Å²) in [4.78, 5) is 12.6. The zero-order valence-corrected chi connectivity index (χ0v) is 12.3. The Morgan fingerprint density at radius 2 is 2.14 bits per heavy atom. The standard InChI is InChI=1S/C16H22FNO3/c1-12-2-3-15(17)13(10-12)11-18-7-4-14(5-8-18)21-9-6-16(19)20/h2-3,10,14H,4-9,11H2,1H3,(H,19,20). The SMILES string of the molecule is Cc1ccc(F)c(CN2CCC(OCCC(=O)O)CC2)c1. The van der Waals surface area contributed by atoms with Crippen molar-refractivity contribution in [1.29, 1.82) is 0 Å². The second kappa shape index (κ2) is 7.52. The number of piperidine rings is 1. The first-order valence-corrected chi connectivity index (χ1v) is 7.35. The molecule has 5 heteroatoms. The fourth-order valence-electron chi connectivity index (χ4n) is 2.61. The minimum Gasteiger partial charge on any atom is -0.481 e. The quantitative estimate of drug-likeness (QED) is 0.876. The summed E-state index contributed by atoms with van der Waals surface area (Å²) in [5.74, 6) is -0.984. The van der Waals surface area contributed by atoms with Gasteiger partial charge < -0.3 is 9.84 Å². The lowest BCUT2D eigenvalue weighted by molar-refractivity contribution is -0.138. The molecule has 0 aliphatic carbocycles. The molecule has 21 heavy (non-hydrogen) atoms. The van der Waals surface area contributed by atoms with Gasteiger partial charge in [0.1, 0.15) is 5.82 Å². The van der Waals surface area contributed by atoms with Crippen LogP contribution in [0.1, 0.15) is 30.4 Å². The van der Waals surface area contributed by atoms with Gasteiger partial charge in [-0.3, -0.25) is 9.69 Å². The molecule has 1 heterocycles. The Hall–Kier alpha value is -1.46. The van der Waals surface area contributed by atoms with E-state index in [1.54, 1.807) is 6.07 Å². The number of hydrogen-bond donors (Lipinski definition) is 1. The normalized spacial score (nSPS) is 17.0. The van der Waals surface area contributed by atoms with Gasteiger partial charge in [-0.05, 0) is 25.8 Å². The molecule has 0 amide bonds. The van der Waals surface area contributed by atoms with Crippen molar-refractivity contribution in [1.82, 2.24) is 4.90 Å². The number of aryl methyl sites for hydroxylation is 1. The number of benzene rings is 1. The van der Waals surface area contributed by atoms with E-state index in [9.17, 15) is 9.18 Å². The third-order valence-corrected chi connectivity index (χ3v) is 3.80. The minimum absolute atomic E-state index is 0.0503. The molecule has 1 aliphatic rings. The average Bonchev–Trinajstić information content (AvgIpc) is 2.44. The Morgan fingerprint density at radius 1 is 1.43 bits per heavy atom. The van der Waals surface area contributed by atoms with E-state index in [1.165, 1.54) is 6.07 Å². The Balaban J connectivity index is 1.76. The van der Waals surface area contributed by atoms with Crippen LogP contribution in [0.25, 0.3) is 0 Å². The van der Waals surface area contributed by atoms with Crippen LogP contribution in [0.15, 0.2) is 18.2 Å². The highest BCUT2D eigenvalue weighted by Crippen LogP contribution is 2.18. The average molecular weight is 295 g/mol. The molecule has 0 saturated carbocycles. The van der Waals surface area contributed by atoms with E-state index in [0.29, 0.717) is 6.54 Å². The molecule has 1 N–H and O–H groups in total. The fourth-order valence-corrected chi connectivity index (χ4v) is 2.61. The molecular formula is C16H22FNO3. The molecular weight excluding hydrogens is 273 g/mol. The highest BCUT2D eigenvalue weighted by atomic mass is 19.1. The smallest absolute Gasteiger partial charge is 0.305 e. The summed E-state index contributed by atoms with van der Waals surface area (Å²) in [6.07, 6.45) is 1.91. The maximum absolute atomic E-state index is 13.7. The van der Waals surface area contributed by atoms with Crippen molar-refractivity contribution in [2.75, 3.05) is 19.7 Å². The number of halogens is 1. The number of hydrogen-bond acceptors (Lipinski definition) is 3. The van der Waals surface area contributed by atoms with Crippen LogP contribution in [0.4, 0.5) is 4.39 Å². The maximum atomic E-state index is 13.7. The molecule has 1 fully saturated rings. The third-order valence-electron chi connectivity index (χ3n) is 3.80. The van der Waals surface area contributed by atoms with Crippen molar-refractivity contribution in [2.45, 2.75) is 38.8 Å². The molecule has 116 valence electrons. The van der Waals surface area contributed by atoms with Crippen molar-refractivity contribution < 1.29 is 19.0 Å². The number of likely N-dealkylation sites (tertiary alicyclic amines) is 1. The van der Waals surface area contributed by atoms with Crippen LogP contribution >= 0.6 is 0 Å². The number of carboxylic acids is 1. The predicted octanol–water partition coefficient (Wildman–Crippen LogP) is 2.59. The zero-order chi connectivity index (χ0) is 15.2. The molecule has 1 saturated heterocycles. The van der Waals surface area contributed by atoms with Gasteiger partial charge in [-0.15, -0.1) is 0 Å². The summed E-state index contributed by atoms with van der Waals surface area (Å²) < 4.78 is 19.3.